The van der Waals surface area contributed by atoms with Crippen molar-refractivity contribution in [2.75, 3.05) is 13.2 Å². The third-order valence-corrected chi connectivity index (χ3v) is 2.68. The van der Waals surface area contributed by atoms with E-state index >= 15 is 0 Å². The van der Waals surface area contributed by atoms with Crippen molar-refractivity contribution in [3.8, 4) is 0 Å². The van der Waals surface area contributed by atoms with E-state index in [1.165, 1.54) is 0 Å². The van der Waals surface area contributed by atoms with Crippen LogP contribution < -0.4 is 0 Å². The van der Waals surface area contributed by atoms with Gasteiger partial charge in [-0.3, -0.25) is 4.52 Å². The number of rotatable bonds is 4. The fourth-order valence-corrected chi connectivity index (χ4v) is 1.98. The van der Waals surface area contributed by atoms with Gasteiger partial charge < -0.3 is 34.9 Å². The monoisotopic (exact) mass is 260 g/mol. The molecule has 6 N–H and O–H groups in total. The number of ether oxygens (including phenoxy) is 1. The molecule has 1 rings (SSSR count). The topological polar surface area (TPSA) is 157 Å². The molecule has 4 atom stereocenters. The minimum absolute atomic E-state index is 0.746. The summed E-state index contributed by atoms with van der Waals surface area (Å²) in [6.45, 7) is -1.75. The van der Waals surface area contributed by atoms with Crippen LogP contribution >= 0.6 is 7.82 Å². The first kappa shape index (κ1) is 14.0. The lowest BCUT2D eigenvalue weighted by molar-refractivity contribution is -0.248. The maximum Gasteiger partial charge on any atom is 0.470 e. The van der Waals surface area contributed by atoms with Crippen LogP contribution in [0.4, 0.5) is 0 Å². The molecule has 1 fully saturated rings. The third-order valence-electron chi connectivity index (χ3n) is 2.16. The number of aliphatic hydroxyl groups is 4. The molecule has 1 heterocycles. The minimum Gasteiger partial charge on any atom is -0.394 e. The second kappa shape index (κ2) is 4.65. The number of aliphatic hydroxyl groups excluding tert-OH is 3. The Hall–Kier alpha value is -0.0900. The van der Waals surface area contributed by atoms with Crippen molar-refractivity contribution in [1.82, 2.24) is 0 Å². The van der Waals surface area contributed by atoms with Gasteiger partial charge >= 0.3 is 7.82 Å². The lowest BCUT2D eigenvalue weighted by Gasteiger charge is -2.23. The van der Waals surface area contributed by atoms with Gasteiger partial charge in [0.2, 0.25) is 5.79 Å². The Morgan fingerprint density at radius 1 is 1.38 bits per heavy atom. The van der Waals surface area contributed by atoms with Crippen molar-refractivity contribution in [1.29, 1.82) is 0 Å². The summed E-state index contributed by atoms with van der Waals surface area (Å²) < 4.78 is 19.4. The summed E-state index contributed by atoms with van der Waals surface area (Å²) in [4.78, 5) is 17.1. The van der Waals surface area contributed by atoms with Gasteiger partial charge in [0.25, 0.3) is 0 Å². The Labute approximate surface area is 90.1 Å². The molecule has 0 aromatic heterocycles. The SMILES string of the molecule is O=P(O)(O)O[C@@H]1[C@@H](CO)O[C@](O)(CO)[C@H]1O. The second-order valence-electron chi connectivity index (χ2n) is 3.35. The van der Waals surface area contributed by atoms with Crippen LogP contribution in [0.1, 0.15) is 0 Å². The van der Waals surface area contributed by atoms with Crippen molar-refractivity contribution in [2.24, 2.45) is 0 Å². The molecule has 0 unspecified atom stereocenters. The zero-order valence-electron chi connectivity index (χ0n) is 8.00. The predicted molar refractivity (Wildman–Crippen MR) is 46.9 cm³/mol. The lowest BCUT2D eigenvalue weighted by Crippen LogP contribution is -2.46. The van der Waals surface area contributed by atoms with Crippen LogP contribution in [-0.4, -0.2) is 67.5 Å². The maximum absolute atomic E-state index is 10.6. The van der Waals surface area contributed by atoms with Crippen LogP contribution in [0.15, 0.2) is 0 Å². The molecule has 9 nitrogen and oxygen atoms in total. The highest BCUT2D eigenvalue weighted by atomic mass is 31.2. The molecule has 1 aliphatic rings. The highest BCUT2D eigenvalue weighted by molar-refractivity contribution is 7.46. The molecule has 1 aliphatic heterocycles. The summed E-state index contributed by atoms with van der Waals surface area (Å²) in [5.41, 5.74) is 0. The van der Waals surface area contributed by atoms with E-state index in [2.05, 4.69) is 9.26 Å². The highest BCUT2D eigenvalue weighted by Gasteiger charge is 2.55. The molecular weight excluding hydrogens is 247 g/mol. The lowest BCUT2D eigenvalue weighted by atomic mass is 10.1. The van der Waals surface area contributed by atoms with Crippen molar-refractivity contribution < 1.29 is 44.0 Å². The van der Waals surface area contributed by atoms with Crippen molar-refractivity contribution in [3.05, 3.63) is 0 Å². The average molecular weight is 260 g/mol. The summed E-state index contributed by atoms with van der Waals surface area (Å²) in [6, 6.07) is 0. The molecule has 0 bridgehead atoms. The van der Waals surface area contributed by atoms with E-state index < -0.39 is 45.1 Å². The Kier molecular flexibility index (Phi) is 4.06. The van der Waals surface area contributed by atoms with Gasteiger partial charge in [-0.15, -0.1) is 0 Å². The number of hydrogen-bond acceptors (Lipinski definition) is 7. The smallest absolute Gasteiger partial charge is 0.394 e. The zero-order valence-corrected chi connectivity index (χ0v) is 8.90. The highest BCUT2D eigenvalue weighted by Crippen LogP contribution is 2.43. The molecule has 0 amide bonds. The molecule has 0 aromatic carbocycles. The van der Waals surface area contributed by atoms with E-state index in [-0.39, 0.29) is 0 Å². The van der Waals surface area contributed by atoms with Crippen LogP contribution in [-0.2, 0) is 13.8 Å². The molecule has 0 radical (unpaired) electrons. The van der Waals surface area contributed by atoms with E-state index in [0.717, 1.165) is 0 Å². The van der Waals surface area contributed by atoms with E-state index in [1.54, 1.807) is 0 Å². The number of hydrogen-bond donors (Lipinski definition) is 6. The summed E-state index contributed by atoms with van der Waals surface area (Å²) in [5, 5.41) is 36.5. The first-order valence-corrected chi connectivity index (χ1v) is 5.80. The second-order valence-corrected chi connectivity index (χ2v) is 4.54. The van der Waals surface area contributed by atoms with Crippen LogP contribution in [0, 0.1) is 0 Å². The predicted octanol–water partition coefficient (Wildman–Crippen LogP) is -3.10. The quantitative estimate of drug-likeness (QED) is 0.288. The normalized spacial score (nSPS) is 40.2. The van der Waals surface area contributed by atoms with Crippen molar-refractivity contribution >= 4 is 7.82 Å². The standard InChI is InChI=1S/C6H13O9P/c7-1-3-4(15-16(11,12)13)5(9)6(10,2-8)14-3/h3-5,7-10H,1-2H2,(H2,11,12,13)/t3-,4-,5+,6-/m1/s1. The van der Waals surface area contributed by atoms with Gasteiger partial charge in [0, 0.05) is 0 Å². The van der Waals surface area contributed by atoms with Crippen molar-refractivity contribution in [3.63, 3.8) is 0 Å². The fourth-order valence-electron chi connectivity index (χ4n) is 1.41. The van der Waals surface area contributed by atoms with Gasteiger partial charge in [-0.25, -0.2) is 4.57 Å². The molecule has 1 saturated heterocycles. The van der Waals surface area contributed by atoms with Crippen LogP contribution in [0.2, 0.25) is 0 Å². The van der Waals surface area contributed by atoms with Gasteiger partial charge in [0.05, 0.1) is 13.2 Å². The number of phosphoric acid groups is 1. The summed E-state index contributed by atoms with van der Waals surface area (Å²) >= 11 is 0. The van der Waals surface area contributed by atoms with E-state index in [9.17, 15) is 14.8 Å². The van der Waals surface area contributed by atoms with Crippen LogP contribution in [0.5, 0.6) is 0 Å². The van der Waals surface area contributed by atoms with Crippen molar-refractivity contribution in [2.45, 2.75) is 24.1 Å². The third kappa shape index (κ3) is 2.77. The Bertz CT molecular complexity index is 290. The van der Waals surface area contributed by atoms with Gasteiger partial charge in [0.1, 0.15) is 18.3 Å². The van der Waals surface area contributed by atoms with Crippen LogP contribution in [0.25, 0.3) is 0 Å². The molecule has 16 heavy (non-hydrogen) atoms. The van der Waals surface area contributed by atoms with E-state index in [1.807, 2.05) is 0 Å². The van der Waals surface area contributed by atoms with E-state index in [0.29, 0.717) is 0 Å². The largest absolute Gasteiger partial charge is 0.470 e. The van der Waals surface area contributed by atoms with Gasteiger partial charge in [-0.2, -0.15) is 0 Å². The maximum atomic E-state index is 10.6. The molecule has 0 aromatic rings. The molecule has 10 heteroatoms. The summed E-state index contributed by atoms with van der Waals surface area (Å²) in [5.74, 6) is -2.41. The number of phosphoric ester groups is 1. The van der Waals surface area contributed by atoms with E-state index in [4.69, 9.17) is 20.0 Å². The molecule has 0 aliphatic carbocycles. The van der Waals surface area contributed by atoms with Gasteiger partial charge in [-0.1, -0.05) is 0 Å². The fraction of sp³-hybridized carbons (Fsp3) is 1.00. The minimum atomic E-state index is -4.91. The first-order chi connectivity index (χ1) is 7.23. The summed E-state index contributed by atoms with van der Waals surface area (Å²) in [6.07, 6.45) is -4.87. The molecule has 0 spiro atoms. The molecular formula is C6H13O9P. The Morgan fingerprint density at radius 2 is 1.94 bits per heavy atom. The molecule has 96 valence electrons. The van der Waals surface area contributed by atoms with Gasteiger partial charge in [0.15, 0.2) is 0 Å². The summed E-state index contributed by atoms with van der Waals surface area (Å²) in [7, 11) is -4.91. The zero-order chi connectivity index (χ0) is 12.6. The first-order valence-electron chi connectivity index (χ1n) is 4.27. The Balaban J connectivity index is 2.86. The molecule has 0 saturated carbocycles. The van der Waals surface area contributed by atoms with Gasteiger partial charge in [-0.05, 0) is 0 Å². The average Bonchev–Trinajstić information content (AvgIpc) is 2.41. The Morgan fingerprint density at radius 3 is 2.31 bits per heavy atom. The van der Waals surface area contributed by atoms with Crippen LogP contribution in [0.3, 0.4) is 0 Å².